The molecule has 0 radical (unpaired) electrons. The monoisotopic (exact) mass is 280 g/mol. The first-order chi connectivity index (χ1) is 9.63. The van der Waals surface area contributed by atoms with Gasteiger partial charge in [0.15, 0.2) is 5.76 Å². The normalized spacial score (nSPS) is 12.6. The van der Waals surface area contributed by atoms with Crippen LogP contribution >= 0.6 is 0 Å². The zero-order valence-electron chi connectivity index (χ0n) is 11.6. The quantitative estimate of drug-likeness (QED) is 0.875. The van der Waals surface area contributed by atoms with Gasteiger partial charge in [0, 0.05) is 23.7 Å². The molecule has 0 unspecified atom stereocenters. The summed E-state index contributed by atoms with van der Waals surface area (Å²) >= 11 is 0. The molecule has 2 aromatic rings. The Kier molecular flexibility index (Phi) is 4.84. The molecule has 1 aromatic heterocycles. The predicted octanol–water partition coefficient (Wildman–Crippen LogP) is 3.76. The van der Waals surface area contributed by atoms with Crippen LogP contribution in [-0.4, -0.2) is 5.16 Å². The van der Waals surface area contributed by atoms with Crippen molar-refractivity contribution in [2.24, 2.45) is 0 Å². The average molecular weight is 280 g/mol. The SMILES string of the molecule is CCc1cc(CN[C@H](CC)c2ccc(F)cc2F)on1. The van der Waals surface area contributed by atoms with Crippen molar-refractivity contribution in [3.05, 3.63) is 52.9 Å². The molecule has 0 amide bonds. The summed E-state index contributed by atoms with van der Waals surface area (Å²) in [5, 5.41) is 7.11. The number of nitrogens with zero attached hydrogens (tertiary/aromatic N) is 1. The van der Waals surface area contributed by atoms with E-state index in [0.29, 0.717) is 24.3 Å². The van der Waals surface area contributed by atoms with Crippen molar-refractivity contribution in [3.63, 3.8) is 0 Å². The Hall–Kier alpha value is -1.75. The van der Waals surface area contributed by atoms with Gasteiger partial charge in [-0.25, -0.2) is 8.78 Å². The van der Waals surface area contributed by atoms with Crippen molar-refractivity contribution < 1.29 is 13.3 Å². The van der Waals surface area contributed by atoms with Crippen molar-refractivity contribution >= 4 is 0 Å². The highest BCUT2D eigenvalue weighted by Gasteiger charge is 2.15. The van der Waals surface area contributed by atoms with Crippen LogP contribution in [0.4, 0.5) is 8.78 Å². The lowest BCUT2D eigenvalue weighted by atomic mass is 10.0. The molecule has 0 aliphatic carbocycles. The largest absolute Gasteiger partial charge is 0.360 e. The van der Waals surface area contributed by atoms with E-state index in [1.165, 1.54) is 12.1 Å². The van der Waals surface area contributed by atoms with Crippen LogP contribution in [-0.2, 0) is 13.0 Å². The number of aryl methyl sites for hydroxylation is 1. The lowest BCUT2D eigenvalue weighted by molar-refractivity contribution is 0.356. The van der Waals surface area contributed by atoms with Crippen molar-refractivity contribution in [3.8, 4) is 0 Å². The highest BCUT2D eigenvalue weighted by Crippen LogP contribution is 2.21. The Morgan fingerprint density at radius 1 is 1.25 bits per heavy atom. The van der Waals surface area contributed by atoms with Crippen molar-refractivity contribution in [1.29, 1.82) is 0 Å². The summed E-state index contributed by atoms with van der Waals surface area (Å²) < 4.78 is 31.8. The molecule has 0 saturated carbocycles. The molecular weight excluding hydrogens is 262 g/mol. The van der Waals surface area contributed by atoms with E-state index in [1.807, 2.05) is 19.9 Å². The van der Waals surface area contributed by atoms with E-state index in [1.54, 1.807) is 0 Å². The fourth-order valence-electron chi connectivity index (χ4n) is 2.09. The number of benzene rings is 1. The molecular formula is C15H18F2N2O. The Morgan fingerprint density at radius 2 is 2.05 bits per heavy atom. The maximum atomic E-state index is 13.8. The molecule has 0 fully saturated rings. The minimum absolute atomic E-state index is 0.189. The Bertz CT molecular complexity index is 569. The average Bonchev–Trinajstić information content (AvgIpc) is 2.89. The van der Waals surface area contributed by atoms with Crippen LogP contribution in [0, 0.1) is 11.6 Å². The molecule has 1 aromatic carbocycles. The molecule has 0 spiro atoms. The first kappa shape index (κ1) is 14.7. The summed E-state index contributed by atoms with van der Waals surface area (Å²) in [4.78, 5) is 0. The topological polar surface area (TPSA) is 38.1 Å². The second kappa shape index (κ2) is 6.61. The van der Waals surface area contributed by atoms with Crippen LogP contribution in [0.5, 0.6) is 0 Å². The van der Waals surface area contributed by atoms with Gasteiger partial charge in [-0.2, -0.15) is 0 Å². The smallest absolute Gasteiger partial charge is 0.150 e. The highest BCUT2D eigenvalue weighted by molar-refractivity contribution is 5.22. The maximum absolute atomic E-state index is 13.8. The lowest BCUT2D eigenvalue weighted by Crippen LogP contribution is -2.21. The van der Waals surface area contributed by atoms with Crippen molar-refractivity contribution in [1.82, 2.24) is 10.5 Å². The van der Waals surface area contributed by atoms with Crippen LogP contribution < -0.4 is 5.32 Å². The van der Waals surface area contributed by atoms with E-state index in [4.69, 9.17) is 4.52 Å². The number of nitrogens with one attached hydrogen (secondary N) is 1. The molecule has 1 heterocycles. The van der Waals surface area contributed by atoms with Gasteiger partial charge >= 0.3 is 0 Å². The summed E-state index contributed by atoms with van der Waals surface area (Å²) in [7, 11) is 0. The molecule has 108 valence electrons. The molecule has 0 aliphatic rings. The molecule has 3 nitrogen and oxygen atoms in total. The fraction of sp³-hybridized carbons (Fsp3) is 0.400. The number of halogens is 2. The molecule has 2 rings (SSSR count). The fourth-order valence-corrected chi connectivity index (χ4v) is 2.09. The molecule has 5 heteroatoms. The predicted molar refractivity (Wildman–Crippen MR) is 72.1 cm³/mol. The molecule has 0 saturated heterocycles. The third-order valence-corrected chi connectivity index (χ3v) is 3.24. The van der Waals surface area contributed by atoms with Crippen LogP contribution in [0.1, 0.15) is 43.3 Å². The minimum atomic E-state index is -0.566. The Morgan fingerprint density at radius 3 is 2.65 bits per heavy atom. The van der Waals surface area contributed by atoms with Crippen molar-refractivity contribution in [2.45, 2.75) is 39.3 Å². The van der Waals surface area contributed by atoms with Gasteiger partial charge in [0.05, 0.1) is 12.2 Å². The second-order valence-corrected chi connectivity index (χ2v) is 4.65. The van der Waals surface area contributed by atoms with Gasteiger partial charge in [-0.15, -0.1) is 0 Å². The van der Waals surface area contributed by atoms with E-state index in [2.05, 4.69) is 10.5 Å². The zero-order chi connectivity index (χ0) is 14.5. The summed E-state index contributed by atoms with van der Waals surface area (Å²) in [5.41, 5.74) is 1.35. The van der Waals surface area contributed by atoms with Gasteiger partial charge in [-0.3, -0.25) is 0 Å². The molecule has 0 bridgehead atoms. The maximum Gasteiger partial charge on any atom is 0.150 e. The van der Waals surface area contributed by atoms with Crippen LogP contribution in [0.25, 0.3) is 0 Å². The Labute approximate surface area is 117 Å². The molecule has 1 N–H and O–H groups in total. The first-order valence-electron chi connectivity index (χ1n) is 6.76. The second-order valence-electron chi connectivity index (χ2n) is 4.65. The van der Waals surface area contributed by atoms with E-state index in [9.17, 15) is 8.78 Å². The molecule has 0 aliphatic heterocycles. The standard InChI is InChI=1S/C15H18F2N2O/c1-3-11-8-12(20-19-11)9-18-15(4-2)13-6-5-10(16)7-14(13)17/h5-8,15,18H,3-4,9H2,1-2H3/t15-/m1/s1. The van der Waals surface area contributed by atoms with E-state index in [-0.39, 0.29) is 6.04 Å². The summed E-state index contributed by atoms with van der Waals surface area (Å²) in [6.07, 6.45) is 1.50. The highest BCUT2D eigenvalue weighted by atomic mass is 19.1. The number of hydrogen-bond donors (Lipinski definition) is 1. The van der Waals surface area contributed by atoms with Gasteiger partial charge in [0.25, 0.3) is 0 Å². The zero-order valence-corrected chi connectivity index (χ0v) is 11.6. The third-order valence-electron chi connectivity index (χ3n) is 3.24. The van der Waals surface area contributed by atoms with Gasteiger partial charge in [-0.1, -0.05) is 25.1 Å². The van der Waals surface area contributed by atoms with Crippen LogP contribution in [0.15, 0.2) is 28.8 Å². The van der Waals surface area contributed by atoms with Gasteiger partial charge in [0.1, 0.15) is 11.6 Å². The van der Waals surface area contributed by atoms with E-state index < -0.39 is 11.6 Å². The van der Waals surface area contributed by atoms with Gasteiger partial charge < -0.3 is 9.84 Å². The Balaban J connectivity index is 2.05. The van der Waals surface area contributed by atoms with Gasteiger partial charge in [-0.05, 0) is 18.9 Å². The van der Waals surface area contributed by atoms with Crippen molar-refractivity contribution in [2.75, 3.05) is 0 Å². The number of aromatic nitrogens is 1. The summed E-state index contributed by atoms with van der Waals surface area (Å²) in [6.45, 7) is 4.40. The van der Waals surface area contributed by atoms with E-state index >= 15 is 0 Å². The summed E-state index contributed by atoms with van der Waals surface area (Å²) in [5.74, 6) is -0.386. The van der Waals surface area contributed by atoms with Gasteiger partial charge in [0.2, 0.25) is 0 Å². The van der Waals surface area contributed by atoms with Crippen LogP contribution in [0.3, 0.4) is 0 Å². The van der Waals surface area contributed by atoms with Crippen LogP contribution in [0.2, 0.25) is 0 Å². The minimum Gasteiger partial charge on any atom is -0.360 e. The summed E-state index contributed by atoms with van der Waals surface area (Å²) in [6, 6.07) is 5.34. The first-order valence-corrected chi connectivity index (χ1v) is 6.76. The number of rotatable bonds is 6. The molecule has 1 atom stereocenters. The van der Waals surface area contributed by atoms with E-state index in [0.717, 1.165) is 18.2 Å². The third kappa shape index (κ3) is 3.42. The number of hydrogen-bond acceptors (Lipinski definition) is 3. The molecule has 20 heavy (non-hydrogen) atoms. The lowest BCUT2D eigenvalue weighted by Gasteiger charge is -2.17.